The first-order chi connectivity index (χ1) is 10.1. The molecular formula is C16H13ClFNOS. The van der Waals surface area contributed by atoms with Crippen LogP contribution in [0.4, 0.5) is 4.39 Å². The molecule has 0 radical (unpaired) electrons. The van der Waals surface area contributed by atoms with Crippen molar-refractivity contribution < 1.29 is 8.81 Å². The van der Waals surface area contributed by atoms with Gasteiger partial charge in [0.05, 0.1) is 6.04 Å². The summed E-state index contributed by atoms with van der Waals surface area (Å²) in [5.74, 6) is 0.871. The lowest BCUT2D eigenvalue weighted by atomic mass is 10.2. The molecule has 0 aliphatic heterocycles. The Labute approximate surface area is 131 Å². The van der Waals surface area contributed by atoms with Crippen LogP contribution in [0.5, 0.6) is 0 Å². The summed E-state index contributed by atoms with van der Waals surface area (Å²) in [6, 6.07) is 13.9. The molecule has 2 aromatic carbocycles. The number of furan rings is 1. The van der Waals surface area contributed by atoms with Crippen LogP contribution in [0.15, 0.2) is 57.8 Å². The van der Waals surface area contributed by atoms with Gasteiger partial charge in [-0.1, -0.05) is 23.7 Å². The highest BCUT2D eigenvalue weighted by atomic mass is 35.5. The van der Waals surface area contributed by atoms with Gasteiger partial charge in [-0.05, 0) is 36.4 Å². The lowest BCUT2D eigenvalue weighted by molar-refractivity contribution is 0.495. The molecule has 5 heteroatoms. The molecule has 0 amide bonds. The Kier molecular flexibility index (Phi) is 4.19. The Hall–Kier alpha value is -1.49. The number of nitrogens with two attached hydrogens (primary N) is 1. The molecule has 108 valence electrons. The van der Waals surface area contributed by atoms with Crippen molar-refractivity contribution >= 4 is 34.3 Å². The molecule has 0 aliphatic carbocycles. The van der Waals surface area contributed by atoms with E-state index in [1.807, 2.05) is 30.3 Å². The van der Waals surface area contributed by atoms with Crippen molar-refractivity contribution in [2.45, 2.75) is 10.9 Å². The minimum Gasteiger partial charge on any atom is -0.456 e. The molecular weight excluding hydrogens is 309 g/mol. The van der Waals surface area contributed by atoms with Crippen LogP contribution in [-0.4, -0.2) is 5.75 Å². The monoisotopic (exact) mass is 321 g/mol. The van der Waals surface area contributed by atoms with E-state index >= 15 is 0 Å². The van der Waals surface area contributed by atoms with Crippen LogP contribution in [0.1, 0.15) is 11.8 Å². The Morgan fingerprint density at radius 3 is 2.67 bits per heavy atom. The van der Waals surface area contributed by atoms with Gasteiger partial charge in [0.1, 0.15) is 5.76 Å². The summed E-state index contributed by atoms with van der Waals surface area (Å²) in [6.07, 6.45) is 0. The number of para-hydroxylation sites is 1. The van der Waals surface area contributed by atoms with Crippen molar-refractivity contribution in [3.63, 3.8) is 0 Å². The quantitative estimate of drug-likeness (QED) is 0.686. The fourth-order valence-corrected chi connectivity index (χ4v) is 3.02. The van der Waals surface area contributed by atoms with Crippen LogP contribution in [0.2, 0.25) is 5.02 Å². The molecule has 1 heterocycles. The van der Waals surface area contributed by atoms with Crippen LogP contribution >= 0.6 is 23.4 Å². The van der Waals surface area contributed by atoms with E-state index < -0.39 is 0 Å². The van der Waals surface area contributed by atoms with E-state index in [9.17, 15) is 4.39 Å². The van der Waals surface area contributed by atoms with Crippen LogP contribution in [0, 0.1) is 5.82 Å². The van der Waals surface area contributed by atoms with Crippen LogP contribution < -0.4 is 5.73 Å². The largest absolute Gasteiger partial charge is 0.456 e. The van der Waals surface area contributed by atoms with Crippen molar-refractivity contribution in [3.8, 4) is 0 Å². The minimum absolute atomic E-state index is 0.263. The lowest BCUT2D eigenvalue weighted by Crippen LogP contribution is -2.11. The summed E-state index contributed by atoms with van der Waals surface area (Å²) in [5.41, 5.74) is 6.39. The summed E-state index contributed by atoms with van der Waals surface area (Å²) < 4.78 is 19.1. The summed E-state index contributed by atoms with van der Waals surface area (Å²) in [6.45, 7) is 0. The summed E-state index contributed by atoms with van der Waals surface area (Å²) >= 11 is 7.45. The van der Waals surface area contributed by atoms with E-state index in [2.05, 4.69) is 0 Å². The van der Waals surface area contributed by atoms with Crippen molar-refractivity contribution in [2.75, 3.05) is 5.75 Å². The molecule has 1 aromatic heterocycles. The zero-order valence-electron chi connectivity index (χ0n) is 11.1. The molecule has 21 heavy (non-hydrogen) atoms. The number of fused-ring (bicyclic) bond motifs is 1. The van der Waals surface area contributed by atoms with Gasteiger partial charge >= 0.3 is 0 Å². The summed E-state index contributed by atoms with van der Waals surface area (Å²) in [7, 11) is 0. The smallest absolute Gasteiger partial charge is 0.169 e. The molecule has 2 N–H and O–H groups in total. The molecule has 0 bridgehead atoms. The second kappa shape index (κ2) is 6.10. The van der Waals surface area contributed by atoms with Crippen molar-refractivity contribution in [2.24, 2.45) is 5.73 Å². The first kappa shape index (κ1) is 14.4. The summed E-state index contributed by atoms with van der Waals surface area (Å²) in [4.78, 5) is 1.08. The topological polar surface area (TPSA) is 39.2 Å². The Morgan fingerprint density at radius 2 is 1.95 bits per heavy atom. The van der Waals surface area contributed by atoms with Crippen molar-refractivity contribution in [1.82, 2.24) is 0 Å². The number of benzene rings is 2. The van der Waals surface area contributed by atoms with Gasteiger partial charge < -0.3 is 10.2 Å². The minimum atomic E-state index is -0.365. The molecule has 0 fully saturated rings. The number of hydrogen-bond acceptors (Lipinski definition) is 3. The predicted octanol–water partition coefficient (Wildman–Crippen LogP) is 5.02. The first-order valence-corrected chi connectivity index (χ1v) is 7.82. The highest BCUT2D eigenvalue weighted by molar-refractivity contribution is 7.99. The zero-order chi connectivity index (χ0) is 14.8. The molecule has 1 atom stereocenters. The van der Waals surface area contributed by atoms with Gasteiger partial charge in [0, 0.05) is 21.1 Å². The molecule has 0 spiro atoms. The van der Waals surface area contributed by atoms with E-state index in [0.29, 0.717) is 16.5 Å². The van der Waals surface area contributed by atoms with Gasteiger partial charge in [0.25, 0.3) is 0 Å². The van der Waals surface area contributed by atoms with Gasteiger partial charge in [-0.3, -0.25) is 0 Å². The van der Waals surface area contributed by atoms with Crippen molar-refractivity contribution in [1.29, 1.82) is 0 Å². The van der Waals surface area contributed by atoms with E-state index in [4.69, 9.17) is 21.8 Å². The van der Waals surface area contributed by atoms with Gasteiger partial charge in [-0.15, -0.1) is 11.8 Å². The Balaban J connectivity index is 1.73. The third-order valence-corrected chi connectivity index (χ3v) is 4.51. The van der Waals surface area contributed by atoms with Gasteiger partial charge in [-0.2, -0.15) is 0 Å². The average molecular weight is 322 g/mol. The number of rotatable bonds is 4. The molecule has 0 aliphatic rings. The summed E-state index contributed by atoms with van der Waals surface area (Å²) in [5, 5.41) is 1.44. The second-order valence-electron chi connectivity index (χ2n) is 4.68. The van der Waals surface area contributed by atoms with Gasteiger partial charge in [0.15, 0.2) is 11.4 Å². The Morgan fingerprint density at radius 1 is 1.19 bits per heavy atom. The highest BCUT2D eigenvalue weighted by Gasteiger charge is 2.14. The fourth-order valence-electron chi connectivity index (χ4n) is 2.03. The number of halogens is 2. The maximum absolute atomic E-state index is 13.6. The maximum atomic E-state index is 13.6. The van der Waals surface area contributed by atoms with E-state index in [-0.39, 0.29) is 17.4 Å². The third-order valence-electron chi connectivity index (χ3n) is 3.12. The van der Waals surface area contributed by atoms with Crippen LogP contribution in [0.3, 0.4) is 0 Å². The maximum Gasteiger partial charge on any atom is 0.169 e. The van der Waals surface area contributed by atoms with Crippen LogP contribution in [-0.2, 0) is 0 Å². The standard InChI is InChI=1S/C16H13ClFNOS/c17-11-4-6-12(7-5-11)21-9-14(19)15-8-10-2-1-3-13(18)16(10)20-15/h1-8,14H,9,19H2. The normalized spacial score (nSPS) is 12.7. The van der Waals surface area contributed by atoms with E-state index in [0.717, 1.165) is 10.3 Å². The lowest BCUT2D eigenvalue weighted by Gasteiger charge is -2.08. The highest BCUT2D eigenvalue weighted by Crippen LogP contribution is 2.29. The Bertz CT molecular complexity index is 757. The fraction of sp³-hybridized carbons (Fsp3) is 0.125. The predicted molar refractivity (Wildman–Crippen MR) is 85.3 cm³/mol. The number of hydrogen-bond donors (Lipinski definition) is 1. The average Bonchev–Trinajstić information content (AvgIpc) is 2.92. The molecule has 3 aromatic rings. The zero-order valence-corrected chi connectivity index (χ0v) is 12.6. The van der Waals surface area contributed by atoms with Gasteiger partial charge in [0.2, 0.25) is 0 Å². The molecule has 1 unspecified atom stereocenters. The number of thioether (sulfide) groups is 1. The molecule has 0 saturated heterocycles. The van der Waals surface area contributed by atoms with Crippen molar-refractivity contribution in [3.05, 3.63) is 65.1 Å². The third kappa shape index (κ3) is 3.23. The van der Waals surface area contributed by atoms with E-state index in [1.165, 1.54) is 6.07 Å². The molecule has 0 saturated carbocycles. The molecule has 3 rings (SSSR count). The molecule has 2 nitrogen and oxygen atoms in total. The van der Waals surface area contributed by atoms with Crippen LogP contribution in [0.25, 0.3) is 11.0 Å². The SMILES string of the molecule is NC(CSc1ccc(Cl)cc1)c1cc2cccc(F)c2o1. The van der Waals surface area contributed by atoms with Gasteiger partial charge in [-0.25, -0.2) is 4.39 Å². The second-order valence-corrected chi connectivity index (χ2v) is 6.21. The first-order valence-electron chi connectivity index (χ1n) is 6.45. The van der Waals surface area contributed by atoms with E-state index in [1.54, 1.807) is 23.9 Å².